The first kappa shape index (κ1) is 16.0. The quantitative estimate of drug-likeness (QED) is 0.781. The van der Waals surface area contributed by atoms with E-state index in [0.29, 0.717) is 5.56 Å². The molecule has 0 atom stereocenters. The summed E-state index contributed by atoms with van der Waals surface area (Å²) in [6, 6.07) is 4.64. The molecule has 0 bridgehead atoms. The van der Waals surface area contributed by atoms with Crippen molar-refractivity contribution < 1.29 is 19.4 Å². The van der Waals surface area contributed by atoms with E-state index in [1.165, 1.54) is 12.1 Å². The van der Waals surface area contributed by atoms with Crippen LogP contribution in [-0.4, -0.2) is 22.8 Å². The van der Waals surface area contributed by atoms with Crippen molar-refractivity contribution in [1.29, 1.82) is 0 Å². The zero-order chi connectivity index (χ0) is 15.3. The van der Waals surface area contributed by atoms with Gasteiger partial charge in [-0.25, -0.2) is 9.59 Å². The minimum atomic E-state index is -1.02. The number of hydrogen-bond donors (Lipinski definition) is 3. The Morgan fingerprint density at radius 1 is 1.30 bits per heavy atom. The van der Waals surface area contributed by atoms with Gasteiger partial charge < -0.3 is 20.9 Å². The van der Waals surface area contributed by atoms with Gasteiger partial charge in [0.2, 0.25) is 0 Å². The summed E-state index contributed by atoms with van der Waals surface area (Å²) in [6.07, 6.45) is -0.554. The van der Waals surface area contributed by atoms with Crippen LogP contribution in [0.5, 0.6) is 0 Å². The van der Waals surface area contributed by atoms with Crippen LogP contribution < -0.4 is 11.1 Å². The van der Waals surface area contributed by atoms with Crippen LogP contribution in [0.2, 0.25) is 0 Å². The van der Waals surface area contributed by atoms with Crippen molar-refractivity contribution in [2.75, 3.05) is 0 Å². The smallest absolute Gasteiger partial charge is 0.407 e. The molecule has 0 fully saturated rings. The van der Waals surface area contributed by atoms with Crippen LogP contribution >= 0.6 is 0 Å². The number of aromatic carboxylic acids is 1. The number of carboxylic acids is 1. The van der Waals surface area contributed by atoms with Gasteiger partial charge in [-0.05, 0) is 44.0 Å². The van der Waals surface area contributed by atoms with Gasteiger partial charge in [-0.2, -0.15) is 0 Å². The van der Waals surface area contributed by atoms with Crippen molar-refractivity contribution in [3.8, 4) is 0 Å². The highest BCUT2D eigenvalue weighted by Gasteiger charge is 2.16. The summed E-state index contributed by atoms with van der Waals surface area (Å²) in [5.41, 5.74) is 6.62. The molecule has 1 aromatic carbocycles. The van der Waals surface area contributed by atoms with E-state index in [4.69, 9.17) is 15.6 Å². The number of ether oxygens (including phenoxy) is 1. The SMILES string of the molecule is CC(C)(C)OC(=O)NCc1cc(C(=O)O)ccc1CN. The number of nitrogens with one attached hydrogen (secondary N) is 1. The molecule has 6 nitrogen and oxygen atoms in total. The van der Waals surface area contributed by atoms with Gasteiger partial charge >= 0.3 is 12.1 Å². The minimum absolute atomic E-state index is 0.156. The number of alkyl carbamates (subject to hydrolysis) is 1. The monoisotopic (exact) mass is 280 g/mol. The van der Waals surface area contributed by atoms with Crippen LogP contribution in [0.4, 0.5) is 4.79 Å². The van der Waals surface area contributed by atoms with E-state index in [1.807, 2.05) is 0 Å². The van der Waals surface area contributed by atoms with Crippen molar-refractivity contribution in [2.45, 2.75) is 39.5 Å². The Bertz CT molecular complexity index is 506. The topological polar surface area (TPSA) is 102 Å². The standard InChI is InChI=1S/C14H20N2O4/c1-14(2,3)20-13(19)16-8-11-6-9(12(17)18)4-5-10(11)7-15/h4-6H,7-8,15H2,1-3H3,(H,16,19)(H,17,18). The highest BCUT2D eigenvalue weighted by molar-refractivity contribution is 5.87. The fourth-order valence-electron chi connectivity index (χ4n) is 1.60. The first-order valence-corrected chi connectivity index (χ1v) is 6.25. The number of rotatable bonds is 4. The van der Waals surface area contributed by atoms with Crippen LogP contribution in [0.25, 0.3) is 0 Å². The molecule has 0 saturated heterocycles. The largest absolute Gasteiger partial charge is 0.478 e. The molecule has 110 valence electrons. The molecule has 1 rings (SSSR count). The zero-order valence-electron chi connectivity index (χ0n) is 11.9. The Morgan fingerprint density at radius 3 is 2.45 bits per heavy atom. The molecular weight excluding hydrogens is 260 g/mol. The highest BCUT2D eigenvalue weighted by atomic mass is 16.6. The Balaban J connectivity index is 2.78. The molecule has 6 heteroatoms. The van der Waals surface area contributed by atoms with Crippen molar-refractivity contribution >= 4 is 12.1 Å². The molecule has 4 N–H and O–H groups in total. The molecule has 0 aliphatic rings. The molecule has 0 aliphatic heterocycles. The molecule has 20 heavy (non-hydrogen) atoms. The van der Waals surface area contributed by atoms with Gasteiger partial charge in [0.1, 0.15) is 5.60 Å². The molecule has 0 saturated carbocycles. The third-order valence-electron chi connectivity index (χ3n) is 2.50. The van der Waals surface area contributed by atoms with E-state index in [1.54, 1.807) is 26.8 Å². The Hall–Kier alpha value is -2.08. The predicted octanol–water partition coefficient (Wildman–Crippen LogP) is 1.87. The van der Waals surface area contributed by atoms with Crippen LogP contribution in [-0.2, 0) is 17.8 Å². The van der Waals surface area contributed by atoms with Crippen molar-refractivity contribution in [2.24, 2.45) is 5.73 Å². The second kappa shape index (κ2) is 6.38. The van der Waals surface area contributed by atoms with Crippen LogP contribution in [0.3, 0.4) is 0 Å². The van der Waals surface area contributed by atoms with Gasteiger partial charge in [-0.3, -0.25) is 0 Å². The zero-order valence-corrected chi connectivity index (χ0v) is 11.9. The van der Waals surface area contributed by atoms with Crippen LogP contribution in [0.1, 0.15) is 42.3 Å². The Morgan fingerprint density at radius 2 is 1.95 bits per heavy atom. The number of amides is 1. The van der Waals surface area contributed by atoms with E-state index in [-0.39, 0.29) is 18.7 Å². The third kappa shape index (κ3) is 4.89. The number of carbonyl (C=O) groups is 2. The summed E-state index contributed by atoms with van der Waals surface area (Å²) >= 11 is 0. The molecule has 0 spiro atoms. The van der Waals surface area contributed by atoms with Crippen LogP contribution in [0, 0.1) is 0 Å². The average molecular weight is 280 g/mol. The summed E-state index contributed by atoms with van der Waals surface area (Å²) in [5.74, 6) is -1.02. The Labute approximate surface area is 117 Å². The molecule has 0 radical (unpaired) electrons. The molecule has 1 aromatic rings. The van der Waals surface area contributed by atoms with Gasteiger partial charge in [0.25, 0.3) is 0 Å². The lowest BCUT2D eigenvalue weighted by atomic mass is 10.0. The van der Waals surface area contributed by atoms with Gasteiger partial charge in [0.05, 0.1) is 5.56 Å². The molecular formula is C14H20N2O4. The van der Waals surface area contributed by atoms with Gasteiger partial charge in [-0.1, -0.05) is 6.07 Å². The maximum atomic E-state index is 11.6. The van der Waals surface area contributed by atoms with E-state index < -0.39 is 17.7 Å². The summed E-state index contributed by atoms with van der Waals surface area (Å²) < 4.78 is 5.11. The second-order valence-electron chi connectivity index (χ2n) is 5.35. The van der Waals surface area contributed by atoms with Crippen molar-refractivity contribution in [3.63, 3.8) is 0 Å². The summed E-state index contributed by atoms with van der Waals surface area (Å²) in [7, 11) is 0. The average Bonchev–Trinajstić information content (AvgIpc) is 2.33. The lowest BCUT2D eigenvalue weighted by molar-refractivity contribution is 0.0523. The molecule has 0 unspecified atom stereocenters. The van der Waals surface area contributed by atoms with Crippen molar-refractivity contribution in [3.05, 3.63) is 34.9 Å². The van der Waals surface area contributed by atoms with E-state index in [0.717, 1.165) is 5.56 Å². The number of carbonyl (C=O) groups excluding carboxylic acids is 1. The number of nitrogens with two attached hydrogens (primary N) is 1. The first-order valence-electron chi connectivity index (χ1n) is 6.25. The van der Waals surface area contributed by atoms with E-state index in [2.05, 4.69) is 5.32 Å². The summed E-state index contributed by atoms with van der Waals surface area (Å²) in [5, 5.41) is 11.5. The molecule has 1 amide bonds. The molecule has 0 aliphatic carbocycles. The fourth-order valence-corrected chi connectivity index (χ4v) is 1.60. The maximum absolute atomic E-state index is 11.6. The normalized spacial score (nSPS) is 11.0. The number of carboxylic acid groups (broad SMARTS) is 1. The number of benzene rings is 1. The summed E-state index contributed by atoms with van der Waals surface area (Å²) in [6.45, 7) is 5.74. The third-order valence-corrected chi connectivity index (χ3v) is 2.50. The highest BCUT2D eigenvalue weighted by Crippen LogP contribution is 2.13. The fraction of sp³-hybridized carbons (Fsp3) is 0.429. The minimum Gasteiger partial charge on any atom is -0.478 e. The van der Waals surface area contributed by atoms with Crippen molar-refractivity contribution in [1.82, 2.24) is 5.32 Å². The number of hydrogen-bond acceptors (Lipinski definition) is 4. The molecule has 0 heterocycles. The Kier molecular flexibility index (Phi) is 5.10. The van der Waals surface area contributed by atoms with Crippen LogP contribution in [0.15, 0.2) is 18.2 Å². The first-order chi connectivity index (χ1) is 9.23. The maximum Gasteiger partial charge on any atom is 0.407 e. The second-order valence-corrected chi connectivity index (χ2v) is 5.35. The van der Waals surface area contributed by atoms with Gasteiger partial charge in [0.15, 0.2) is 0 Å². The van der Waals surface area contributed by atoms with Gasteiger partial charge in [-0.15, -0.1) is 0 Å². The predicted molar refractivity (Wildman–Crippen MR) is 74.4 cm³/mol. The van der Waals surface area contributed by atoms with E-state index >= 15 is 0 Å². The lowest BCUT2D eigenvalue weighted by Gasteiger charge is -2.20. The lowest BCUT2D eigenvalue weighted by Crippen LogP contribution is -2.32. The summed E-state index contributed by atoms with van der Waals surface area (Å²) in [4.78, 5) is 22.5. The van der Waals surface area contributed by atoms with Gasteiger partial charge in [0, 0.05) is 13.1 Å². The molecule has 0 aromatic heterocycles. The van der Waals surface area contributed by atoms with E-state index in [9.17, 15) is 9.59 Å².